The molecule has 0 saturated carbocycles. The molecule has 1 aliphatic heterocycles. The van der Waals surface area contributed by atoms with E-state index < -0.39 is 6.09 Å². The monoisotopic (exact) mass is 410 g/mol. The number of carbonyl (C=O) groups is 1. The van der Waals surface area contributed by atoms with Crippen molar-refractivity contribution in [2.24, 2.45) is 0 Å². The first-order chi connectivity index (χ1) is 14.0. The molecule has 8 nitrogen and oxygen atoms in total. The van der Waals surface area contributed by atoms with Gasteiger partial charge in [0.25, 0.3) is 0 Å². The van der Waals surface area contributed by atoms with Crippen LogP contribution in [-0.4, -0.2) is 57.2 Å². The van der Waals surface area contributed by atoms with Crippen LogP contribution in [0.5, 0.6) is 0 Å². The van der Waals surface area contributed by atoms with Gasteiger partial charge in [-0.1, -0.05) is 0 Å². The summed E-state index contributed by atoms with van der Waals surface area (Å²) in [4.78, 5) is 29.1. The van der Waals surface area contributed by atoms with Crippen molar-refractivity contribution in [1.82, 2.24) is 19.9 Å². The zero-order valence-corrected chi connectivity index (χ0v) is 17.1. The van der Waals surface area contributed by atoms with E-state index in [2.05, 4.69) is 25.2 Å². The van der Waals surface area contributed by atoms with Gasteiger partial charge in [-0.3, -0.25) is 0 Å². The Bertz CT molecular complexity index is 1010. The molecule has 1 saturated heterocycles. The van der Waals surface area contributed by atoms with Crippen molar-refractivity contribution in [2.75, 3.05) is 36.4 Å². The molecule has 9 heteroatoms. The molecular formula is C20H22N6O2S. The van der Waals surface area contributed by atoms with Gasteiger partial charge in [0.1, 0.15) is 0 Å². The van der Waals surface area contributed by atoms with Crippen LogP contribution in [-0.2, 0) is 0 Å². The Morgan fingerprint density at radius 1 is 1.07 bits per heavy atom. The van der Waals surface area contributed by atoms with E-state index in [0.29, 0.717) is 32.1 Å². The van der Waals surface area contributed by atoms with Crippen LogP contribution < -0.4 is 10.2 Å². The van der Waals surface area contributed by atoms with E-state index in [1.807, 2.05) is 44.2 Å². The molecule has 29 heavy (non-hydrogen) atoms. The summed E-state index contributed by atoms with van der Waals surface area (Å²) >= 11 is 1.63. The van der Waals surface area contributed by atoms with Crippen molar-refractivity contribution in [3.8, 4) is 10.6 Å². The van der Waals surface area contributed by atoms with Crippen LogP contribution >= 0.6 is 11.3 Å². The number of aryl methyl sites for hydroxylation is 2. The topological polar surface area (TPSA) is 94.5 Å². The number of thiazole rings is 1. The van der Waals surface area contributed by atoms with E-state index in [9.17, 15) is 4.79 Å². The number of hydrogen-bond acceptors (Lipinski definition) is 7. The highest BCUT2D eigenvalue weighted by Gasteiger charge is 2.20. The second-order valence-corrected chi connectivity index (χ2v) is 8.04. The second-order valence-electron chi connectivity index (χ2n) is 6.84. The zero-order chi connectivity index (χ0) is 20.4. The van der Waals surface area contributed by atoms with Gasteiger partial charge in [0.2, 0.25) is 5.95 Å². The number of amides is 1. The first kappa shape index (κ1) is 19.1. The number of nitrogens with one attached hydrogen (secondary N) is 1. The third kappa shape index (κ3) is 4.29. The molecule has 0 atom stereocenters. The van der Waals surface area contributed by atoms with Crippen LogP contribution in [0.4, 0.5) is 22.1 Å². The highest BCUT2D eigenvalue weighted by atomic mass is 32.1. The first-order valence-electron chi connectivity index (χ1n) is 9.37. The van der Waals surface area contributed by atoms with Gasteiger partial charge in [-0.05, 0) is 44.2 Å². The minimum Gasteiger partial charge on any atom is -0.465 e. The van der Waals surface area contributed by atoms with Crippen LogP contribution in [0.3, 0.4) is 0 Å². The third-order valence-electron chi connectivity index (χ3n) is 4.83. The molecule has 2 N–H and O–H groups in total. The molecule has 1 aliphatic rings. The molecule has 3 heterocycles. The fourth-order valence-electron chi connectivity index (χ4n) is 3.35. The number of anilines is 3. The largest absolute Gasteiger partial charge is 0.465 e. The lowest BCUT2D eigenvalue weighted by Gasteiger charge is -2.34. The summed E-state index contributed by atoms with van der Waals surface area (Å²) in [6.45, 7) is 6.40. The van der Waals surface area contributed by atoms with Gasteiger partial charge in [-0.25, -0.2) is 19.7 Å². The molecule has 150 valence electrons. The smallest absolute Gasteiger partial charge is 0.407 e. The van der Waals surface area contributed by atoms with Gasteiger partial charge in [0, 0.05) is 43.8 Å². The van der Waals surface area contributed by atoms with Crippen molar-refractivity contribution in [3.63, 3.8) is 0 Å². The van der Waals surface area contributed by atoms with E-state index in [0.717, 1.165) is 32.6 Å². The maximum absolute atomic E-state index is 11.0. The molecule has 3 aromatic rings. The van der Waals surface area contributed by atoms with Crippen molar-refractivity contribution < 1.29 is 9.90 Å². The van der Waals surface area contributed by atoms with E-state index in [4.69, 9.17) is 5.11 Å². The summed E-state index contributed by atoms with van der Waals surface area (Å²) in [6.07, 6.45) is 0.894. The Hall–Kier alpha value is -3.20. The van der Waals surface area contributed by atoms with Crippen LogP contribution in [0, 0.1) is 13.8 Å². The van der Waals surface area contributed by atoms with Gasteiger partial charge in [0.15, 0.2) is 0 Å². The molecular weight excluding hydrogens is 388 g/mol. The highest BCUT2D eigenvalue weighted by Crippen LogP contribution is 2.29. The lowest BCUT2D eigenvalue weighted by atomic mass is 10.2. The molecule has 2 aromatic heterocycles. The number of nitrogens with zero attached hydrogens (tertiary/aromatic N) is 5. The van der Waals surface area contributed by atoms with E-state index in [1.165, 1.54) is 4.90 Å². The van der Waals surface area contributed by atoms with E-state index in [-0.39, 0.29) is 0 Å². The summed E-state index contributed by atoms with van der Waals surface area (Å²) in [5.74, 6) is 0.538. The normalized spacial score (nSPS) is 14.1. The predicted octanol–water partition coefficient (Wildman–Crippen LogP) is 3.76. The molecule has 1 amide bonds. The van der Waals surface area contributed by atoms with Gasteiger partial charge in [-0.2, -0.15) is 0 Å². The minimum atomic E-state index is -0.852. The number of piperazine rings is 1. The number of benzene rings is 1. The highest BCUT2D eigenvalue weighted by molar-refractivity contribution is 7.15. The fourth-order valence-corrected chi connectivity index (χ4v) is 4.24. The number of rotatable bonds is 4. The average molecular weight is 411 g/mol. The van der Waals surface area contributed by atoms with Gasteiger partial charge in [-0.15, -0.1) is 11.3 Å². The summed E-state index contributed by atoms with van der Waals surface area (Å²) in [5.41, 5.74) is 3.81. The average Bonchev–Trinajstić information content (AvgIpc) is 3.07. The van der Waals surface area contributed by atoms with Crippen molar-refractivity contribution in [3.05, 3.63) is 47.2 Å². The lowest BCUT2D eigenvalue weighted by Crippen LogP contribution is -2.48. The number of aromatic nitrogens is 3. The molecule has 1 aromatic carbocycles. The summed E-state index contributed by atoms with van der Waals surface area (Å²) in [6, 6.07) is 9.91. The maximum Gasteiger partial charge on any atom is 0.407 e. The summed E-state index contributed by atoms with van der Waals surface area (Å²) < 4.78 is 0. The Morgan fingerprint density at radius 2 is 1.79 bits per heavy atom. The Kier molecular flexibility index (Phi) is 5.30. The molecule has 0 spiro atoms. The quantitative estimate of drug-likeness (QED) is 0.676. The predicted molar refractivity (Wildman–Crippen MR) is 114 cm³/mol. The van der Waals surface area contributed by atoms with Crippen molar-refractivity contribution in [1.29, 1.82) is 0 Å². The van der Waals surface area contributed by atoms with Crippen LogP contribution in [0.25, 0.3) is 10.6 Å². The Balaban J connectivity index is 1.44. The zero-order valence-electron chi connectivity index (χ0n) is 16.3. The number of carboxylic acid groups (broad SMARTS) is 1. The maximum atomic E-state index is 11.0. The van der Waals surface area contributed by atoms with E-state index >= 15 is 0 Å². The Labute approximate surface area is 172 Å². The summed E-state index contributed by atoms with van der Waals surface area (Å²) in [5, 5.41) is 13.3. The lowest BCUT2D eigenvalue weighted by molar-refractivity contribution is 0.142. The SMILES string of the molecule is Cc1nc(C)c(-c2ccnc(Nc3ccc(N4CCN(C(=O)O)CC4)cc3)n2)s1. The summed E-state index contributed by atoms with van der Waals surface area (Å²) in [7, 11) is 0. The Morgan fingerprint density at radius 3 is 2.41 bits per heavy atom. The minimum absolute atomic E-state index is 0.520. The van der Waals surface area contributed by atoms with Crippen LogP contribution in [0.1, 0.15) is 10.7 Å². The van der Waals surface area contributed by atoms with Gasteiger partial charge in [0.05, 0.1) is 21.3 Å². The fraction of sp³-hybridized carbons (Fsp3) is 0.300. The number of hydrogen-bond donors (Lipinski definition) is 2. The van der Waals surface area contributed by atoms with Gasteiger partial charge < -0.3 is 20.2 Å². The first-order valence-corrected chi connectivity index (χ1v) is 10.2. The molecule has 4 rings (SSSR count). The molecule has 0 unspecified atom stereocenters. The molecule has 0 aliphatic carbocycles. The van der Waals surface area contributed by atoms with Crippen LogP contribution in [0.15, 0.2) is 36.5 Å². The second kappa shape index (κ2) is 8.04. The van der Waals surface area contributed by atoms with Crippen molar-refractivity contribution >= 4 is 34.8 Å². The molecule has 0 radical (unpaired) electrons. The van der Waals surface area contributed by atoms with Crippen molar-refractivity contribution in [2.45, 2.75) is 13.8 Å². The van der Waals surface area contributed by atoms with Gasteiger partial charge >= 0.3 is 6.09 Å². The molecule has 0 bridgehead atoms. The standard InChI is InChI=1S/C20H22N6O2S/c1-13-18(29-14(2)22-13)17-7-8-21-19(24-17)23-15-3-5-16(6-4-15)25-9-11-26(12-10-25)20(27)28/h3-8H,9-12H2,1-2H3,(H,27,28)(H,21,23,24). The van der Waals surface area contributed by atoms with E-state index in [1.54, 1.807) is 17.5 Å². The third-order valence-corrected chi connectivity index (χ3v) is 5.93. The molecule has 1 fully saturated rings. The van der Waals surface area contributed by atoms with Crippen LogP contribution in [0.2, 0.25) is 0 Å².